The minimum Gasteiger partial charge on any atom is -0.260 e. The van der Waals surface area contributed by atoms with E-state index in [0.717, 1.165) is 43.0 Å². The van der Waals surface area contributed by atoms with Gasteiger partial charge in [-0.15, -0.1) is 11.6 Å². The molecule has 0 radical (unpaired) electrons. The van der Waals surface area contributed by atoms with E-state index in [1.165, 1.54) is 0 Å². The third-order valence-electron chi connectivity index (χ3n) is 5.16. The lowest BCUT2D eigenvalue weighted by Crippen LogP contribution is -2.10. The Labute approximate surface area is 133 Å². The molecular weight excluding hydrogens is 304 g/mol. The lowest BCUT2D eigenvalue weighted by molar-refractivity contribution is 0.468. The van der Waals surface area contributed by atoms with E-state index in [1.807, 2.05) is 12.1 Å². The molecule has 1 heterocycles. The highest BCUT2D eigenvalue weighted by Gasteiger charge is 2.50. The average Bonchev–Trinajstić information content (AvgIpc) is 3.33. The molecule has 1 aromatic heterocycles. The number of pyridine rings is 1. The summed E-state index contributed by atoms with van der Waals surface area (Å²) in [6, 6.07) is 8.21. The molecule has 1 aromatic carbocycles. The Morgan fingerprint density at radius 1 is 1.05 bits per heavy atom. The monoisotopic (exact) mass is 319 g/mol. The molecule has 1 saturated carbocycles. The molecule has 4 rings (SSSR count). The zero-order valence-electron chi connectivity index (χ0n) is 12.0. The van der Waals surface area contributed by atoms with Gasteiger partial charge in [0.25, 0.3) is 0 Å². The first kappa shape index (κ1) is 14.1. The molecule has 114 valence electrons. The lowest BCUT2D eigenvalue weighted by Gasteiger charge is -2.22. The Bertz CT molecular complexity index is 727. The van der Waals surface area contributed by atoms with Gasteiger partial charge in [0.1, 0.15) is 0 Å². The summed E-state index contributed by atoms with van der Waals surface area (Å²) in [6.07, 6.45) is 5.70. The number of rotatable bonds is 1. The molecule has 0 unspecified atom stereocenters. The quantitative estimate of drug-likeness (QED) is 0.654. The lowest BCUT2D eigenvalue weighted by atomic mass is 9.89. The average molecular weight is 320 g/mol. The summed E-state index contributed by atoms with van der Waals surface area (Å²) in [5.74, 6) is -1.80. The van der Waals surface area contributed by atoms with Crippen LogP contribution in [0.1, 0.15) is 53.8 Å². The summed E-state index contributed by atoms with van der Waals surface area (Å²) in [6.45, 7) is 0. The summed E-state index contributed by atoms with van der Waals surface area (Å²) in [7, 11) is 0. The maximum absolute atomic E-state index is 14.2. The van der Waals surface area contributed by atoms with Crippen molar-refractivity contribution in [3.63, 3.8) is 0 Å². The molecule has 1 spiro atoms. The maximum Gasteiger partial charge on any atom is 0.162 e. The van der Waals surface area contributed by atoms with Gasteiger partial charge in [0.15, 0.2) is 11.6 Å². The molecule has 2 atom stereocenters. The SMILES string of the molecule is Fc1cccc([C@@H]2CCC3(CC3)c3ncccc3[C@@H]2Cl)c1F. The predicted octanol–water partition coefficient (Wildman–Crippen LogP) is 5.25. The van der Waals surface area contributed by atoms with Crippen molar-refractivity contribution >= 4 is 11.6 Å². The Kier molecular flexibility index (Phi) is 3.23. The van der Waals surface area contributed by atoms with Crippen LogP contribution in [0.4, 0.5) is 8.78 Å². The van der Waals surface area contributed by atoms with Gasteiger partial charge in [-0.1, -0.05) is 18.2 Å². The van der Waals surface area contributed by atoms with Crippen LogP contribution in [0.3, 0.4) is 0 Å². The van der Waals surface area contributed by atoms with E-state index in [1.54, 1.807) is 18.3 Å². The van der Waals surface area contributed by atoms with Crippen LogP contribution in [-0.2, 0) is 5.41 Å². The highest BCUT2D eigenvalue weighted by atomic mass is 35.5. The Morgan fingerprint density at radius 3 is 2.59 bits per heavy atom. The third-order valence-corrected chi connectivity index (χ3v) is 5.70. The Hall–Kier alpha value is -1.48. The first-order valence-electron chi connectivity index (χ1n) is 7.66. The minimum atomic E-state index is -0.807. The van der Waals surface area contributed by atoms with E-state index in [2.05, 4.69) is 4.98 Å². The van der Waals surface area contributed by atoms with Gasteiger partial charge in [-0.2, -0.15) is 0 Å². The molecule has 0 amide bonds. The number of fused-ring (bicyclic) bond motifs is 2. The second kappa shape index (κ2) is 5.02. The second-order valence-corrected chi connectivity index (χ2v) is 6.88. The molecule has 4 heteroatoms. The van der Waals surface area contributed by atoms with E-state index in [9.17, 15) is 8.78 Å². The first-order valence-corrected chi connectivity index (χ1v) is 8.09. The molecule has 0 saturated heterocycles. The zero-order valence-corrected chi connectivity index (χ0v) is 12.8. The van der Waals surface area contributed by atoms with E-state index in [4.69, 9.17) is 11.6 Å². The molecule has 0 aliphatic heterocycles. The van der Waals surface area contributed by atoms with Crippen molar-refractivity contribution in [3.8, 4) is 0 Å². The van der Waals surface area contributed by atoms with Crippen molar-refractivity contribution in [3.05, 3.63) is 65.0 Å². The summed E-state index contributed by atoms with van der Waals surface area (Å²) >= 11 is 6.70. The van der Waals surface area contributed by atoms with E-state index in [0.29, 0.717) is 5.56 Å². The molecule has 0 bridgehead atoms. The highest BCUT2D eigenvalue weighted by molar-refractivity contribution is 6.21. The van der Waals surface area contributed by atoms with Crippen molar-refractivity contribution in [1.82, 2.24) is 4.98 Å². The molecular formula is C18H16ClF2N. The fourth-order valence-corrected chi connectivity index (χ4v) is 4.19. The topological polar surface area (TPSA) is 12.9 Å². The summed E-state index contributed by atoms with van der Waals surface area (Å²) in [5.41, 5.74) is 2.54. The molecule has 1 fully saturated rings. The van der Waals surface area contributed by atoms with Crippen molar-refractivity contribution in [2.24, 2.45) is 0 Å². The standard InChI is InChI=1S/C18H16ClF2N/c19-15-11(12-3-1-5-14(20)16(12)21)6-7-18(8-9-18)17-13(15)4-2-10-22-17/h1-5,10-11,15H,6-9H2/t11-,15+/m0/s1. The third kappa shape index (κ3) is 2.06. The number of halogens is 3. The van der Waals surface area contributed by atoms with Gasteiger partial charge in [-0.05, 0) is 48.9 Å². The van der Waals surface area contributed by atoms with Crippen LogP contribution < -0.4 is 0 Å². The fourth-order valence-electron chi connectivity index (χ4n) is 3.75. The molecule has 2 aromatic rings. The van der Waals surface area contributed by atoms with Crippen LogP contribution >= 0.6 is 11.6 Å². The molecule has 0 N–H and O–H groups in total. The Balaban J connectivity index is 1.82. The van der Waals surface area contributed by atoms with Crippen LogP contribution in [0.5, 0.6) is 0 Å². The zero-order chi connectivity index (χ0) is 15.3. The number of hydrogen-bond acceptors (Lipinski definition) is 1. The van der Waals surface area contributed by atoms with Crippen molar-refractivity contribution in [2.45, 2.75) is 42.4 Å². The van der Waals surface area contributed by atoms with Crippen molar-refractivity contribution in [1.29, 1.82) is 0 Å². The van der Waals surface area contributed by atoms with Crippen LogP contribution in [0.25, 0.3) is 0 Å². The number of benzene rings is 1. The fraction of sp³-hybridized carbons (Fsp3) is 0.389. The minimum absolute atomic E-state index is 0.113. The van der Waals surface area contributed by atoms with E-state index < -0.39 is 11.6 Å². The molecule has 1 nitrogen and oxygen atoms in total. The molecule has 2 aliphatic rings. The number of alkyl halides is 1. The highest BCUT2D eigenvalue weighted by Crippen LogP contribution is 2.58. The second-order valence-electron chi connectivity index (χ2n) is 6.41. The molecule has 22 heavy (non-hydrogen) atoms. The number of aromatic nitrogens is 1. The van der Waals surface area contributed by atoms with Crippen LogP contribution in [0.15, 0.2) is 36.5 Å². The van der Waals surface area contributed by atoms with Crippen molar-refractivity contribution in [2.75, 3.05) is 0 Å². The molecule has 2 aliphatic carbocycles. The van der Waals surface area contributed by atoms with Gasteiger partial charge < -0.3 is 0 Å². The predicted molar refractivity (Wildman–Crippen MR) is 82.1 cm³/mol. The summed E-state index contributed by atoms with van der Waals surface area (Å²) in [5, 5.41) is -0.375. The van der Waals surface area contributed by atoms with Gasteiger partial charge in [0.2, 0.25) is 0 Å². The normalized spacial score (nSPS) is 25.6. The van der Waals surface area contributed by atoms with Gasteiger partial charge in [0, 0.05) is 17.5 Å². The first-order chi connectivity index (χ1) is 10.6. The van der Waals surface area contributed by atoms with Gasteiger partial charge >= 0.3 is 0 Å². The van der Waals surface area contributed by atoms with Gasteiger partial charge in [-0.3, -0.25) is 4.98 Å². The van der Waals surface area contributed by atoms with Crippen LogP contribution in [0.2, 0.25) is 0 Å². The van der Waals surface area contributed by atoms with E-state index >= 15 is 0 Å². The summed E-state index contributed by atoms with van der Waals surface area (Å²) < 4.78 is 27.8. The van der Waals surface area contributed by atoms with E-state index in [-0.39, 0.29) is 16.7 Å². The van der Waals surface area contributed by atoms with Crippen LogP contribution in [0, 0.1) is 11.6 Å². The Morgan fingerprint density at radius 2 is 1.82 bits per heavy atom. The van der Waals surface area contributed by atoms with Crippen molar-refractivity contribution < 1.29 is 8.78 Å². The van der Waals surface area contributed by atoms with Gasteiger partial charge in [-0.25, -0.2) is 8.78 Å². The van der Waals surface area contributed by atoms with Crippen LogP contribution in [-0.4, -0.2) is 4.98 Å². The summed E-state index contributed by atoms with van der Waals surface area (Å²) in [4.78, 5) is 4.56. The number of hydrogen-bond donors (Lipinski definition) is 0. The smallest absolute Gasteiger partial charge is 0.162 e. The maximum atomic E-state index is 14.2. The number of nitrogens with zero attached hydrogens (tertiary/aromatic N) is 1. The van der Waals surface area contributed by atoms with Gasteiger partial charge in [0.05, 0.1) is 11.1 Å². The largest absolute Gasteiger partial charge is 0.260 e.